The highest BCUT2D eigenvalue weighted by molar-refractivity contribution is 5.74. The van der Waals surface area contributed by atoms with E-state index in [-0.39, 0.29) is 24.7 Å². The Hall–Kier alpha value is -1.55. The molecule has 2 rings (SSSR count). The quantitative estimate of drug-likeness (QED) is 0.896. The lowest BCUT2D eigenvalue weighted by molar-refractivity contribution is 0.133. The lowest BCUT2D eigenvalue weighted by atomic mass is 9.86. The number of nitrogens with one attached hydrogen (secondary N) is 1. The molecule has 1 atom stereocenters. The van der Waals surface area contributed by atoms with E-state index in [0.29, 0.717) is 5.92 Å². The van der Waals surface area contributed by atoms with E-state index < -0.39 is 0 Å². The van der Waals surface area contributed by atoms with Crippen molar-refractivity contribution in [1.82, 2.24) is 10.2 Å². The lowest BCUT2D eigenvalue weighted by Gasteiger charge is -2.34. The Balaban J connectivity index is 1.85. The summed E-state index contributed by atoms with van der Waals surface area (Å²) < 4.78 is 0. The second kappa shape index (κ2) is 7.46. The third-order valence-electron chi connectivity index (χ3n) is 4.58. The van der Waals surface area contributed by atoms with Gasteiger partial charge >= 0.3 is 6.03 Å². The van der Waals surface area contributed by atoms with Crippen molar-refractivity contribution in [3.05, 3.63) is 35.9 Å². The summed E-state index contributed by atoms with van der Waals surface area (Å²) in [6.45, 7) is 2.28. The van der Waals surface area contributed by atoms with E-state index >= 15 is 0 Å². The van der Waals surface area contributed by atoms with E-state index in [9.17, 15) is 9.90 Å². The summed E-state index contributed by atoms with van der Waals surface area (Å²) in [4.78, 5) is 14.2. The van der Waals surface area contributed by atoms with Gasteiger partial charge in [-0.15, -0.1) is 0 Å². The normalized spacial score (nSPS) is 23.4. The molecule has 1 aromatic rings. The van der Waals surface area contributed by atoms with Crippen molar-refractivity contribution in [3.8, 4) is 0 Å². The molecule has 0 saturated heterocycles. The highest BCUT2D eigenvalue weighted by atomic mass is 16.3. The first kappa shape index (κ1) is 15.8. The lowest BCUT2D eigenvalue weighted by Crippen LogP contribution is -2.45. The van der Waals surface area contributed by atoms with Crippen LogP contribution in [0, 0.1) is 5.92 Å². The van der Waals surface area contributed by atoms with Gasteiger partial charge in [0, 0.05) is 19.7 Å². The number of hydrogen-bond donors (Lipinski definition) is 2. The molecular weight excluding hydrogens is 264 g/mol. The van der Waals surface area contributed by atoms with Crippen molar-refractivity contribution < 1.29 is 9.90 Å². The number of urea groups is 1. The molecule has 0 spiro atoms. The fourth-order valence-corrected chi connectivity index (χ4v) is 2.99. The van der Waals surface area contributed by atoms with Crippen molar-refractivity contribution in [1.29, 1.82) is 0 Å². The van der Waals surface area contributed by atoms with Gasteiger partial charge in [0.05, 0.1) is 6.04 Å². The van der Waals surface area contributed by atoms with Crippen LogP contribution in [-0.4, -0.2) is 35.7 Å². The average Bonchev–Trinajstić information content (AvgIpc) is 2.55. The van der Waals surface area contributed by atoms with Gasteiger partial charge in [-0.1, -0.05) is 30.3 Å². The average molecular weight is 290 g/mol. The Morgan fingerprint density at radius 1 is 1.29 bits per heavy atom. The number of aliphatic hydroxyl groups is 1. The van der Waals surface area contributed by atoms with Gasteiger partial charge in [0.1, 0.15) is 0 Å². The molecule has 0 radical (unpaired) electrons. The minimum atomic E-state index is -0.0150. The first-order valence-electron chi connectivity index (χ1n) is 7.81. The zero-order valence-corrected chi connectivity index (χ0v) is 13.0. The van der Waals surface area contributed by atoms with Gasteiger partial charge in [0.25, 0.3) is 0 Å². The van der Waals surface area contributed by atoms with Crippen LogP contribution in [0.1, 0.15) is 44.2 Å². The van der Waals surface area contributed by atoms with Crippen molar-refractivity contribution in [3.63, 3.8) is 0 Å². The molecule has 116 valence electrons. The van der Waals surface area contributed by atoms with Crippen LogP contribution in [0.3, 0.4) is 0 Å². The van der Waals surface area contributed by atoms with Crippen molar-refractivity contribution >= 4 is 6.03 Å². The minimum absolute atomic E-state index is 0.00920. The highest BCUT2D eigenvalue weighted by Crippen LogP contribution is 2.26. The molecule has 1 saturated carbocycles. The molecule has 0 aliphatic heterocycles. The van der Waals surface area contributed by atoms with Crippen LogP contribution >= 0.6 is 0 Å². The van der Waals surface area contributed by atoms with Gasteiger partial charge in [0.15, 0.2) is 0 Å². The zero-order chi connectivity index (χ0) is 15.2. The zero-order valence-electron chi connectivity index (χ0n) is 13.0. The van der Waals surface area contributed by atoms with E-state index in [4.69, 9.17) is 0 Å². The molecule has 4 nitrogen and oxygen atoms in total. The first-order chi connectivity index (χ1) is 10.1. The maximum atomic E-state index is 12.3. The van der Waals surface area contributed by atoms with Crippen LogP contribution in [0.15, 0.2) is 30.3 Å². The highest BCUT2D eigenvalue weighted by Gasteiger charge is 2.26. The number of aliphatic hydroxyl groups excluding tert-OH is 1. The van der Waals surface area contributed by atoms with E-state index in [1.165, 1.54) is 0 Å². The summed E-state index contributed by atoms with van der Waals surface area (Å²) in [5, 5.41) is 12.2. The van der Waals surface area contributed by atoms with Gasteiger partial charge in [-0.25, -0.2) is 4.79 Å². The van der Waals surface area contributed by atoms with Gasteiger partial charge in [-0.2, -0.15) is 0 Å². The van der Waals surface area contributed by atoms with E-state index in [1.807, 2.05) is 49.2 Å². The fraction of sp³-hybridized carbons (Fsp3) is 0.588. The van der Waals surface area contributed by atoms with E-state index in [1.54, 1.807) is 0 Å². The number of carbonyl (C=O) groups is 1. The van der Waals surface area contributed by atoms with Gasteiger partial charge in [-0.3, -0.25) is 0 Å². The maximum absolute atomic E-state index is 12.3. The summed E-state index contributed by atoms with van der Waals surface area (Å²) in [6.07, 6.45) is 3.98. The molecule has 21 heavy (non-hydrogen) atoms. The van der Waals surface area contributed by atoms with Crippen LogP contribution in [0.5, 0.6) is 0 Å². The second-order valence-electron chi connectivity index (χ2n) is 6.05. The number of carbonyl (C=O) groups excluding carboxylic acids is 1. The molecule has 0 aromatic heterocycles. The van der Waals surface area contributed by atoms with Gasteiger partial charge < -0.3 is 15.3 Å². The summed E-state index contributed by atoms with van der Waals surface area (Å²) in [5.74, 6) is 0.418. The Bertz CT molecular complexity index is 441. The number of benzene rings is 1. The Morgan fingerprint density at radius 2 is 1.90 bits per heavy atom. The molecule has 0 bridgehead atoms. The molecule has 1 unspecified atom stereocenters. The fourth-order valence-electron chi connectivity index (χ4n) is 2.99. The molecule has 1 aromatic carbocycles. The molecule has 2 N–H and O–H groups in total. The SMILES string of the molecule is CC(NC(=O)N(C)C1CCC(CO)CC1)c1ccccc1. The summed E-state index contributed by atoms with van der Waals surface area (Å²) in [6, 6.07) is 10.3. The summed E-state index contributed by atoms with van der Waals surface area (Å²) in [5.41, 5.74) is 1.11. The molecule has 0 heterocycles. The Labute approximate surface area is 127 Å². The Kier molecular flexibility index (Phi) is 5.62. The topological polar surface area (TPSA) is 52.6 Å². The minimum Gasteiger partial charge on any atom is -0.396 e. The van der Waals surface area contributed by atoms with Gasteiger partial charge in [0.2, 0.25) is 0 Å². The maximum Gasteiger partial charge on any atom is 0.317 e. The molecule has 1 aliphatic carbocycles. The third-order valence-corrected chi connectivity index (χ3v) is 4.58. The molecule has 1 aliphatic rings. The predicted octanol–water partition coefficient (Wildman–Crippen LogP) is 2.94. The van der Waals surface area contributed by atoms with Crippen molar-refractivity contribution in [2.45, 2.75) is 44.7 Å². The van der Waals surface area contributed by atoms with Crippen LogP contribution in [0.4, 0.5) is 4.79 Å². The molecule has 1 fully saturated rings. The standard InChI is InChI=1S/C17H26N2O2/c1-13(15-6-4-3-5-7-15)18-17(21)19(2)16-10-8-14(12-20)9-11-16/h3-7,13-14,16,20H,8-12H2,1-2H3,(H,18,21). The largest absolute Gasteiger partial charge is 0.396 e. The third kappa shape index (κ3) is 4.21. The summed E-state index contributed by atoms with van der Waals surface area (Å²) >= 11 is 0. The predicted molar refractivity (Wildman–Crippen MR) is 84.0 cm³/mol. The number of nitrogens with zero attached hydrogens (tertiary/aromatic N) is 1. The van der Waals surface area contributed by atoms with Crippen LogP contribution in [0.25, 0.3) is 0 Å². The first-order valence-corrected chi connectivity index (χ1v) is 7.81. The number of amides is 2. The van der Waals surface area contributed by atoms with Crippen LogP contribution in [0.2, 0.25) is 0 Å². The monoisotopic (exact) mass is 290 g/mol. The van der Waals surface area contributed by atoms with E-state index in [2.05, 4.69) is 5.32 Å². The second-order valence-corrected chi connectivity index (χ2v) is 6.05. The molecule has 2 amide bonds. The Morgan fingerprint density at radius 3 is 2.48 bits per heavy atom. The van der Waals surface area contributed by atoms with Crippen molar-refractivity contribution in [2.24, 2.45) is 5.92 Å². The van der Waals surface area contributed by atoms with E-state index in [0.717, 1.165) is 31.2 Å². The van der Waals surface area contributed by atoms with Gasteiger partial charge in [-0.05, 0) is 44.1 Å². The van der Waals surface area contributed by atoms with Crippen LogP contribution < -0.4 is 5.32 Å². The smallest absolute Gasteiger partial charge is 0.317 e. The summed E-state index contributed by atoms with van der Waals surface area (Å²) in [7, 11) is 1.87. The molecule has 4 heteroatoms. The number of rotatable bonds is 4. The molecular formula is C17H26N2O2. The van der Waals surface area contributed by atoms with Crippen molar-refractivity contribution in [2.75, 3.05) is 13.7 Å². The van der Waals surface area contributed by atoms with Crippen LogP contribution in [-0.2, 0) is 0 Å². The number of hydrogen-bond acceptors (Lipinski definition) is 2.